The van der Waals surface area contributed by atoms with Crippen molar-refractivity contribution in [1.29, 1.82) is 0 Å². The fourth-order valence-corrected chi connectivity index (χ4v) is 2.81. The van der Waals surface area contributed by atoms with Crippen molar-refractivity contribution in [2.24, 2.45) is 5.73 Å². The molecule has 0 spiro atoms. The van der Waals surface area contributed by atoms with Gasteiger partial charge in [-0.3, -0.25) is 9.69 Å². The van der Waals surface area contributed by atoms with Crippen molar-refractivity contribution < 1.29 is 9.90 Å². The van der Waals surface area contributed by atoms with Crippen LogP contribution in [0.2, 0.25) is 0 Å². The van der Waals surface area contributed by atoms with Crippen LogP contribution < -0.4 is 5.73 Å². The summed E-state index contributed by atoms with van der Waals surface area (Å²) in [5.41, 5.74) is 7.43. The topological polar surface area (TPSA) is 69.8 Å². The van der Waals surface area contributed by atoms with Gasteiger partial charge in [-0.05, 0) is 37.6 Å². The quantitative estimate of drug-likeness (QED) is 0.820. The van der Waals surface area contributed by atoms with Gasteiger partial charge in [-0.15, -0.1) is 0 Å². The van der Waals surface area contributed by atoms with Gasteiger partial charge < -0.3 is 15.7 Å². The van der Waals surface area contributed by atoms with E-state index in [1.165, 1.54) is 0 Å². The number of amides is 1. The Kier molecular flexibility index (Phi) is 6.17. The third kappa shape index (κ3) is 4.27. The first-order chi connectivity index (χ1) is 10.3. The molecule has 1 aromatic carbocycles. The molecule has 0 aliphatic carbocycles. The first-order valence-electron chi connectivity index (χ1n) is 7.66. The number of rotatable bonds is 5. The SMILES string of the molecule is NCCc1ccccc1C(=O)N1CCCN(CCO)CC1. The average Bonchev–Trinajstić information content (AvgIpc) is 2.74. The summed E-state index contributed by atoms with van der Waals surface area (Å²) in [5, 5.41) is 9.02. The highest BCUT2D eigenvalue weighted by Crippen LogP contribution is 2.14. The van der Waals surface area contributed by atoms with E-state index in [9.17, 15) is 4.79 Å². The van der Waals surface area contributed by atoms with E-state index in [1.54, 1.807) is 0 Å². The van der Waals surface area contributed by atoms with Crippen molar-refractivity contribution in [2.75, 3.05) is 45.9 Å². The number of hydrogen-bond donors (Lipinski definition) is 2. The van der Waals surface area contributed by atoms with Crippen molar-refractivity contribution in [3.05, 3.63) is 35.4 Å². The summed E-state index contributed by atoms with van der Waals surface area (Å²) >= 11 is 0. The second-order valence-electron chi connectivity index (χ2n) is 5.41. The van der Waals surface area contributed by atoms with Crippen LogP contribution in [0, 0.1) is 0 Å². The molecule has 1 saturated heterocycles. The van der Waals surface area contributed by atoms with E-state index >= 15 is 0 Å². The fraction of sp³-hybridized carbons (Fsp3) is 0.562. The highest BCUT2D eigenvalue weighted by atomic mass is 16.3. The Bertz CT molecular complexity index is 465. The molecule has 1 aliphatic rings. The highest BCUT2D eigenvalue weighted by Gasteiger charge is 2.21. The lowest BCUT2D eigenvalue weighted by Gasteiger charge is -2.22. The van der Waals surface area contributed by atoms with Gasteiger partial charge in [0.15, 0.2) is 0 Å². The zero-order valence-corrected chi connectivity index (χ0v) is 12.5. The van der Waals surface area contributed by atoms with Crippen molar-refractivity contribution in [3.63, 3.8) is 0 Å². The Balaban J connectivity index is 2.06. The Labute approximate surface area is 126 Å². The predicted octanol–water partition coefficient (Wildman–Crippen LogP) is 0.328. The third-order valence-corrected chi connectivity index (χ3v) is 3.95. The van der Waals surface area contributed by atoms with Gasteiger partial charge in [0, 0.05) is 31.7 Å². The molecule has 5 nitrogen and oxygen atoms in total. The van der Waals surface area contributed by atoms with E-state index in [4.69, 9.17) is 10.8 Å². The normalized spacial score (nSPS) is 16.8. The molecular formula is C16H25N3O2. The summed E-state index contributed by atoms with van der Waals surface area (Å²) in [6, 6.07) is 7.73. The van der Waals surface area contributed by atoms with E-state index in [0.717, 1.165) is 50.1 Å². The smallest absolute Gasteiger partial charge is 0.254 e. The molecule has 1 amide bonds. The van der Waals surface area contributed by atoms with E-state index in [2.05, 4.69) is 4.90 Å². The van der Waals surface area contributed by atoms with Crippen molar-refractivity contribution in [3.8, 4) is 0 Å². The molecule has 2 rings (SSSR count). The molecule has 0 saturated carbocycles. The van der Waals surface area contributed by atoms with Crippen molar-refractivity contribution >= 4 is 5.91 Å². The van der Waals surface area contributed by atoms with Crippen molar-refractivity contribution in [1.82, 2.24) is 9.80 Å². The fourth-order valence-electron chi connectivity index (χ4n) is 2.81. The second-order valence-corrected chi connectivity index (χ2v) is 5.41. The molecule has 21 heavy (non-hydrogen) atoms. The van der Waals surface area contributed by atoms with Gasteiger partial charge in [0.05, 0.1) is 6.61 Å². The zero-order chi connectivity index (χ0) is 15.1. The van der Waals surface area contributed by atoms with E-state index in [1.807, 2.05) is 29.2 Å². The number of benzene rings is 1. The molecule has 1 aliphatic heterocycles. The summed E-state index contributed by atoms with van der Waals surface area (Å²) in [6.07, 6.45) is 1.68. The van der Waals surface area contributed by atoms with Gasteiger partial charge in [-0.1, -0.05) is 18.2 Å². The number of aliphatic hydroxyl groups is 1. The van der Waals surface area contributed by atoms with Gasteiger partial charge in [0.25, 0.3) is 5.91 Å². The molecule has 0 bridgehead atoms. The molecule has 0 aromatic heterocycles. The number of aliphatic hydroxyl groups excluding tert-OH is 1. The molecule has 3 N–H and O–H groups in total. The number of hydrogen-bond acceptors (Lipinski definition) is 4. The van der Waals surface area contributed by atoms with Crippen LogP contribution in [-0.2, 0) is 6.42 Å². The third-order valence-electron chi connectivity index (χ3n) is 3.95. The van der Waals surface area contributed by atoms with Gasteiger partial charge in [0.1, 0.15) is 0 Å². The van der Waals surface area contributed by atoms with Gasteiger partial charge in [-0.25, -0.2) is 0 Å². The summed E-state index contributed by atoms with van der Waals surface area (Å²) in [6.45, 7) is 4.67. The van der Waals surface area contributed by atoms with Gasteiger partial charge >= 0.3 is 0 Å². The minimum atomic E-state index is 0.102. The lowest BCUT2D eigenvalue weighted by molar-refractivity contribution is 0.0759. The minimum Gasteiger partial charge on any atom is -0.395 e. The lowest BCUT2D eigenvalue weighted by atomic mass is 10.0. The summed E-state index contributed by atoms with van der Waals surface area (Å²) in [7, 11) is 0. The monoisotopic (exact) mass is 291 g/mol. The summed E-state index contributed by atoms with van der Waals surface area (Å²) in [4.78, 5) is 16.9. The maximum atomic E-state index is 12.7. The standard InChI is InChI=1S/C16H25N3O2/c17-7-6-14-4-1-2-5-15(14)16(21)19-9-3-8-18(10-11-19)12-13-20/h1-2,4-5,20H,3,6-13,17H2. The molecule has 0 unspecified atom stereocenters. The largest absolute Gasteiger partial charge is 0.395 e. The van der Waals surface area contributed by atoms with Crippen molar-refractivity contribution in [2.45, 2.75) is 12.8 Å². The lowest BCUT2D eigenvalue weighted by Crippen LogP contribution is -2.36. The maximum Gasteiger partial charge on any atom is 0.254 e. The number of nitrogens with zero attached hydrogens (tertiary/aromatic N) is 2. The molecule has 0 atom stereocenters. The number of carbonyl (C=O) groups is 1. The van der Waals surface area contributed by atoms with E-state index in [-0.39, 0.29) is 12.5 Å². The predicted molar refractivity (Wildman–Crippen MR) is 83.2 cm³/mol. The van der Waals surface area contributed by atoms with Crippen LogP contribution in [0.25, 0.3) is 0 Å². The van der Waals surface area contributed by atoms with E-state index in [0.29, 0.717) is 13.1 Å². The first-order valence-corrected chi connectivity index (χ1v) is 7.66. The molecule has 116 valence electrons. The summed E-state index contributed by atoms with van der Waals surface area (Å²) in [5.74, 6) is 0.102. The van der Waals surface area contributed by atoms with Crippen LogP contribution in [0.4, 0.5) is 0 Å². The van der Waals surface area contributed by atoms with Crippen LogP contribution in [0.15, 0.2) is 24.3 Å². The number of nitrogens with two attached hydrogens (primary N) is 1. The summed E-state index contributed by atoms with van der Waals surface area (Å²) < 4.78 is 0. The molecule has 1 aromatic rings. The number of β-amino-alcohol motifs (C(OH)–C–C–N with tert-alkyl or cyclic N) is 1. The van der Waals surface area contributed by atoms with Gasteiger partial charge in [-0.2, -0.15) is 0 Å². The molecule has 1 fully saturated rings. The molecule has 0 radical (unpaired) electrons. The minimum absolute atomic E-state index is 0.102. The van der Waals surface area contributed by atoms with Crippen LogP contribution in [-0.4, -0.2) is 66.7 Å². The Morgan fingerprint density at radius 1 is 1.19 bits per heavy atom. The van der Waals surface area contributed by atoms with Crippen LogP contribution >= 0.6 is 0 Å². The second kappa shape index (κ2) is 8.12. The first kappa shape index (κ1) is 15.9. The van der Waals surface area contributed by atoms with Crippen LogP contribution in [0.3, 0.4) is 0 Å². The molecule has 1 heterocycles. The Morgan fingerprint density at radius 2 is 2.00 bits per heavy atom. The Morgan fingerprint density at radius 3 is 2.76 bits per heavy atom. The zero-order valence-electron chi connectivity index (χ0n) is 12.5. The highest BCUT2D eigenvalue weighted by molar-refractivity contribution is 5.95. The Hall–Kier alpha value is -1.43. The van der Waals surface area contributed by atoms with E-state index < -0.39 is 0 Å². The average molecular weight is 291 g/mol. The maximum absolute atomic E-state index is 12.7. The number of carbonyl (C=O) groups excluding carboxylic acids is 1. The molecular weight excluding hydrogens is 266 g/mol. The van der Waals surface area contributed by atoms with Gasteiger partial charge in [0.2, 0.25) is 0 Å². The van der Waals surface area contributed by atoms with Crippen LogP contribution in [0.5, 0.6) is 0 Å². The van der Waals surface area contributed by atoms with Crippen LogP contribution in [0.1, 0.15) is 22.3 Å². The molecule has 5 heteroatoms.